The van der Waals surface area contributed by atoms with Gasteiger partial charge in [-0.2, -0.15) is 13.2 Å². The van der Waals surface area contributed by atoms with Crippen LogP contribution in [0, 0.1) is 17.0 Å². The largest absolute Gasteiger partial charge is 0.449 e. The van der Waals surface area contributed by atoms with Crippen LogP contribution in [0.1, 0.15) is 11.4 Å². The molecule has 1 heterocycles. The van der Waals surface area contributed by atoms with E-state index in [4.69, 9.17) is 0 Å². The van der Waals surface area contributed by atoms with E-state index in [0.29, 0.717) is 5.56 Å². The number of nitrogens with one attached hydrogen (secondary N) is 1. The number of aryl methyl sites for hydroxylation is 1. The van der Waals surface area contributed by atoms with Crippen molar-refractivity contribution in [2.24, 2.45) is 0 Å². The molecule has 0 atom stereocenters. The molecule has 3 rings (SSSR count). The molecule has 27 heavy (non-hydrogen) atoms. The molecule has 1 N–H and O–H groups in total. The highest BCUT2D eigenvalue weighted by molar-refractivity contribution is 5.92. The highest BCUT2D eigenvalue weighted by Gasteiger charge is 2.38. The number of carbonyl (C=O) groups is 1. The third kappa shape index (κ3) is 3.73. The first kappa shape index (κ1) is 18.4. The van der Waals surface area contributed by atoms with Crippen molar-refractivity contribution in [1.82, 2.24) is 9.55 Å². The highest BCUT2D eigenvalue weighted by Crippen LogP contribution is 2.31. The predicted octanol–water partition coefficient (Wildman–Crippen LogP) is 3.91. The fourth-order valence-corrected chi connectivity index (χ4v) is 2.69. The molecule has 0 saturated carbocycles. The number of anilines is 1. The van der Waals surface area contributed by atoms with Crippen molar-refractivity contribution in [1.29, 1.82) is 0 Å². The van der Waals surface area contributed by atoms with Gasteiger partial charge in [-0.05, 0) is 30.7 Å². The fourth-order valence-electron chi connectivity index (χ4n) is 2.69. The van der Waals surface area contributed by atoms with Crippen LogP contribution in [0.3, 0.4) is 0 Å². The van der Waals surface area contributed by atoms with Crippen LogP contribution in [0.2, 0.25) is 0 Å². The minimum absolute atomic E-state index is 0.129. The topological polar surface area (TPSA) is 90.1 Å². The number of aromatic nitrogens is 2. The standard InChI is InChI=1S/C17H13F3N4O3/c1-10-8-11(24(26)27)6-7-12(10)21-15(25)9-23-14-5-3-2-4-13(14)22-16(23)17(18,19)20/h2-8H,9H2,1H3,(H,21,25). The number of rotatable bonds is 4. The van der Waals surface area contributed by atoms with Crippen LogP contribution in [0.25, 0.3) is 11.0 Å². The Kier molecular flexibility index (Phi) is 4.56. The summed E-state index contributed by atoms with van der Waals surface area (Å²) in [5, 5.41) is 13.2. The van der Waals surface area contributed by atoms with Crippen molar-refractivity contribution in [3.05, 3.63) is 64.0 Å². The third-order valence-corrected chi connectivity index (χ3v) is 3.90. The number of alkyl halides is 3. The molecule has 0 bridgehead atoms. The Morgan fingerprint density at radius 3 is 2.59 bits per heavy atom. The van der Waals surface area contributed by atoms with Gasteiger partial charge in [-0.3, -0.25) is 14.9 Å². The van der Waals surface area contributed by atoms with E-state index in [-0.39, 0.29) is 22.4 Å². The smallest absolute Gasteiger partial charge is 0.324 e. The van der Waals surface area contributed by atoms with Gasteiger partial charge >= 0.3 is 6.18 Å². The van der Waals surface area contributed by atoms with Crippen molar-refractivity contribution >= 4 is 28.3 Å². The zero-order valence-electron chi connectivity index (χ0n) is 13.9. The normalized spacial score (nSPS) is 11.6. The van der Waals surface area contributed by atoms with Crippen molar-refractivity contribution < 1.29 is 22.9 Å². The quantitative estimate of drug-likeness (QED) is 0.551. The molecule has 7 nitrogen and oxygen atoms in total. The summed E-state index contributed by atoms with van der Waals surface area (Å²) in [4.78, 5) is 26.1. The van der Waals surface area contributed by atoms with Gasteiger partial charge in [-0.25, -0.2) is 4.98 Å². The van der Waals surface area contributed by atoms with E-state index in [9.17, 15) is 28.1 Å². The van der Waals surface area contributed by atoms with Gasteiger partial charge in [0.05, 0.1) is 16.0 Å². The highest BCUT2D eigenvalue weighted by atomic mass is 19.4. The average molecular weight is 378 g/mol. The van der Waals surface area contributed by atoms with E-state index >= 15 is 0 Å². The predicted molar refractivity (Wildman–Crippen MR) is 91.2 cm³/mol. The van der Waals surface area contributed by atoms with Crippen molar-refractivity contribution in [3.63, 3.8) is 0 Å². The van der Waals surface area contributed by atoms with Crippen molar-refractivity contribution in [2.45, 2.75) is 19.6 Å². The number of benzene rings is 2. The minimum Gasteiger partial charge on any atom is -0.324 e. The number of halogens is 3. The number of nitrogens with zero attached hydrogens (tertiary/aromatic N) is 3. The molecule has 0 aliphatic heterocycles. The number of imidazole rings is 1. The van der Waals surface area contributed by atoms with E-state index in [2.05, 4.69) is 10.3 Å². The molecule has 1 amide bonds. The van der Waals surface area contributed by atoms with Crippen LogP contribution in [0.15, 0.2) is 42.5 Å². The number of hydrogen-bond donors (Lipinski definition) is 1. The van der Waals surface area contributed by atoms with Gasteiger partial charge in [0.1, 0.15) is 6.54 Å². The molecule has 2 aromatic carbocycles. The van der Waals surface area contributed by atoms with Crippen LogP contribution in [-0.2, 0) is 17.5 Å². The molecule has 1 aromatic heterocycles. The van der Waals surface area contributed by atoms with Crippen LogP contribution in [0.4, 0.5) is 24.5 Å². The summed E-state index contributed by atoms with van der Waals surface area (Å²) in [5.41, 5.74) is 0.864. The second-order valence-corrected chi connectivity index (χ2v) is 5.81. The molecular formula is C17H13F3N4O3. The first-order valence-electron chi connectivity index (χ1n) is 7.74. The summed E-state index contributed by atoms with van der Waals surface area (Å²) < 4.78 is 40.6. The summed E-state index contributed by atoms with van der Waals surface area (Å²) >= 11 is 0. The molecule has 0 spiro atoms. The molecule has 10 heteroatoms. The minimum atomic E-state index is -4.72. The SMILES string of the molecule is Cc1cc([N+](=O)[O-])ccc1NC(=O)Cn1c(C(F)(F)F)nc2ccccc21. The van der Waals surface area contributed by atoms with E-state index in [1.54, 1.807) is 19.1 Å². The lowest BCUT2D eigenvalue weighted by Gasteiger charge is -2.12. The van der Waals surface area contributed by atoms with Gasteiger partial charge in [0.25, 0.3) is 5.69 Å². The van der Waals surface area contributed by atoms with Gasteiger partial charge in [0, 0.05) is 17.8 Å². The monoisotopic (exact) mass is 378 g/mol. The maximum absolute atomic E-state index is 13.3. The first-order chi connectivity index (χ1) is 12.7. The zero-order valence-corrected chi connectivity index (χ0v) is 13.9. The second kappa shape index (κ2) is 6.71. The van der Waals surface area contributed by atoms with E-state index in [0.717, 1.165) is 4.57 Å². The lowest BCUT2D eigenvalue weighted by atomic mass is 10.2. The number of amides is 1. The average Bonchev–Trinajstić information content (AvgIpc) is 2.95. The summed E-state index contributed by atoms with van der Waals surface area (Å²) in [6.45, 7) is 0.947. The molecule has 0 unspecified atom stereocenters. The van der Waals surface area contributed by atoms with E-state index < -0.39 is 29.4 Å². The number of carbonyl (C=O) groups excluding carboxylic acids is 1. The lowest BCUT2D eigenvalue weighted by molar-refractivity contribution is -0.384. The fraction of sp³-hybridized carbons (Fsp3) is 0.176. The molecule has 3 aromatic rings. The first-order valence-corrected chi connectivity index (χ1v) is 7.74. The van der Waals surface area contributed by atoms with Gasteiger partial charge < -0.3 is 9.88 Å². The summed E-state index contributed by atoms with van der Waals surface area (Å²) in [6.07, 6.45) is -4.72. The Balaban J connectivity index is 1.89. The molecule has 0 fully saturated rings. The van der Waals surface area contributed by atoms with Crippen molar-refractivity contribution in [2.75, 3.05) is 5.32 Å². The molecule has 140 valence electrons. The molecule has 0 radical (unpaired) electrons. The molecule has 0 aliphatic rings. The number of nitro groups is 1. The van der Waals surface area contributed by atoms with E-state index in [1.807, 2.05) is 0 Å². The van der Waals surface area contributed by atoms with Crippen LogP contribution >= 0.6 is 0 Å². The Bertz CT molecular complexity index is 1040. The third-order valence-electron chi connectivity index (χ3n) is 3.90. The Morgan fingerprint density at radius 2 is 1.96 bits per heavy atom. The zero-order chi connectivity index (χ0) is 19.8. The maximum atomic E-state index is 13.3. The summed E-state index contributed by atoms with van der Waals surface area (Å²) in [7, 11) is 0. The Morgan fingerprint density at radius 1 is 1.26 bits per heavy atom. The van der Waals surface area contributed by atoms with Crippen LogP contribution in [-0.4, -0.2) is 20.4 Å². The number of nitro benzene ring substituents is 1. The van der Waals surface area contributed by atoms with Gasteiger partial charge in [-0.15, -0.1) is 0 Å². The van der Waals surface area contributed by atoms with Gasteiger partial charge in [0.15, 0.2) is 0 Å². The number of non-ortho nitro benzene ring substituents is 1. The van der Waals surface area contributed by atoms with Crippen molar-refractivity contribution in [3.8, 4) is 0 Å². The summed E-state index contributed by atoms with van der Waals surface area (Å²) in [5.74, 6) is -1.88. The maximum Gasteiger partial charge on any atom is 0.449 e. The summed E-state index contributed by atoms with van der Waals surface area (Å²) in [6, 6.07) is 9.79. The van der Waals surface area contributed by atoms with Crippen LogP contribution < -0.4 is 5.32 Å². The number of hydrogen-bond acceptors (Lipinski definition) is 4. The number of para-hydroxylation sites is 2. The molecular weight excluding hydrogens is 365 g/mol. The van der Waals surface area contributed by atoms with Gasteiger partial charge in [-0.1, -0.05) is 12.1 Å². The Hall–Kier alpha value is -3.43. The molecule has 0 aliphatic carbocycles. The second-order valence-electron chi connectivity index (χ2n) is 5.81. The van der Waals surface area contributed by atoms with Gasteiger partial charge in [0.2, 0.25) is 11.7 Å². The molecule has 0 saturated heterocycles. The lowest BCUT2D eigenvalue weighted by Crippen LogP contribution is -2.23. The Labute approximate surface area is 150 Å². The number of fused-ring (bicyclic) bond motifs is 1. The van der Waals surface area contributed by atoms with Crippen LogP contribution in [0.5, 0.6) is 0 Å². The van der Waals surface area contributed by atoms with E-state index in [1.165, 1.54) is 30.3 Å².